The van der Waals surface area contributed by atoms with Crippen LogP contribution < -0.4 is 0 Å². The van der Waals surface area contributed by atoms with Gasteiger partial charge in [-0.25, -0.2) is 4.79 Å². The van der Waals surface area contributed by atoms with Crippen molar-refractivity contribution in [1.29, 1.82) is 0 Å². The number of esters is 1. The van der Waals surface area contributed by atoms with Crippen LogP contribution in [0.4, 0.5) is 4.79 Å². The van der Waals surface area contributed by atoms with Crippen molar-refractivity contribution in [2.24, 2.45) is 5.16 Å². The molecule has 0 heterocycles. The molecule has 1 N–H and O–H groups in total. The molecule has 0 rings (SSSR count). The van der Waals surface area contributed by atoms with Crippen LogP contribution in [-0.4, -0.2) is 51.6 Å². The van der Waals surface area contributed by atoms with E-state index in [1.54, 1.807) is 41.5 Å². The van der Waals surface area contributed by atoms with E-state index in [0.29, 0.717) is 25.8 Å². The number of ether oxygens (including phenoxy) is 2. The van der Waals surface area contributed by atoms with Gasteiger partial charge >= 0.3 is 12.1 Å². The van der Waals surface area contributed by atoms with Crippen molar-refractivity contribution in [1.82, 2.24) is 4.90 Å². The second-order valence-corrected chi connectivity index (χ2v) is 7.86. The number of amides is 1. The second kappa shape index (κ2) is 9.71. The summed E-state index contributed by atoms with van der Waals surface area (Å²) in [5.41, 5.74) is -1.28. The molecule has 0 atom stereocenters. The summed E-state index contributed by atoms with van der Waals surface area (Å²) in [4.78, 5) is 25.5. The molecule has 24 heavy (non-hydrogen) atoms. The molecule has 140 valence electrons. The number of rotatable bonds is 7. The number of unbranched alkanes of at least 4 members (excludes halogenated alkanes) is 1. The SMILES string of the molecule is CC(C)(C)OC(=O)CN(CCCC/C(Cl)=N\O)C(=O)OC(C)(C)C. The van der Waals surface area contributed by atoms with Gasteiger partial charge in [-0.05, 0) is 54.4 Å². The molecule has 0 aromatic carbocycles. The fourth-order valence-electron chi connectivity index (χ4n) is 1.71. The van der Waals surface area contributed by atoms with Crippen LogP contribution in [0.3, 0.4) is 0 Å². The van der Waals surface area contributed by atoms with Crippen molar-refractivity contribution in [3.63, 3.8) is 0 Å². The summed E-state index contributed by atoms with van der Waals surface area (Å²) in [5, 5.41) is 11.5. The molecule has 0 aromatic rings. The van der Waals surface area contributed by atoms with Gasteiger partial charge in [-0.3, -0.25) is 9.69 Å². The van der Waals surface area contributed by atoms with Crippen LogP contribution in [-0.2, 0) is 14.3 Å². The quantitative estimate of drug-likeness (QED) is 0.244. The Morgan fingerprint density at radius 1 is 1.04 bits per heavy atom. The number of carbonyl (C=O) groups is 2. The van der Waals surface area contributed by atoms with Gasteiger partial charge in [-0.2, -0.15) is 0 Å². The molecule has 0 unspecified atom stereocenters. The third-order valence-corrected chi connectivity index (χ3v) is 2.83. The highest BCUT2D eigenvalue weighted by molar-refractivity contribution is 6.65. The van der Waals surface area contributed by atoms with Gasteiger partial charge in [-0.1, -0.05) is 16.8 Å². The number of nitrogens with zero attached hydrogens (tertiary/aromatic N) is 2. The Kier molecular flexibility index (Phi) is 9.11. The maximum absolute atomic E-state index is 12.3. The van der Waals surface area contributed by atoms with Crippen LogP contribution >= 0.6 is 11.6 Å². The van der Waals surface area contributed by atoms with Crippen molar-refractivity contribution in [3.8, 4) is 0 Å². The zero-order valence-corrected chi connectivity index (χ0v) is 16.1. The van der Waals surface area contributed by atoms with Crippen molar-refractivity contribution in [2.45, 2.75) is 72.0 Å². The van der Waals surface area contributed by atoms with E-state index < -0.39 is 23.3 Å². The van der Waals surface area contributed by atoms with E-state index in [9.17, 15) is 9.59 Å². The molecule has 0 saturated carbocycles. The highest BCUT2D eigenvalue weighted by Crippen LogP contribution is 2.13. The minimum Gasteiger partial charge on any atom is -0.459 e. The Balaban J connectivity index is 4.71. The first-order valence-corrected chi connectivity index (χ1v) is 8.28. The number of hydrogen-bond donors (Lipinski definition) is 1. The average Bonchev–Trinajstić information content (AvgIpc) is 2.37. The molecular formula is C16H29ClN2O5. The van der Waals surface area contributed by atoms with Gasteiger partial charge in [0, 0.05) is 13.0 Å². The minimum atomic E-state index is -0.657. The van der Waals surface area contributed by atoms with E-state index in [1.807, 2.05) is 0 Å². The first kappa shape index (κ1) is 22.5. The Bertz CT molecular complexity index is 452. The lowest BCUT2D eigenvalue weighted by atomic mass is 10.2. The van der Waals surface area contributed by atoms with Gasteiger partial charge in [0.2, 0.25) is 0 Å². The van der Waals surface area contributed by atoms with Gasteiger partial charge in [0.15, 0.2) is 0 Å². The predicted molar refractivity (Wildman–Crippen MR) is 92.6 cm³/mol. The monoisotopic (exact) mass is 364 g/mol. The molecule has 0 spiro atoms. The summed E-state index contributed by atoms with van der Waals surface area (Å²) in [5.74, 6) is -0.497. The van der Waals surface area contributed by atoms with E-state index in [2.05, 4.69) is 5.16 Å². The molecule has 8 heteroatoms. The van der Waals surface area contributed by atoms with Crippen LogP contribution in [0, 0.1) is 0 Å². The fraction of sp³-hybridized carbons (Fsp3) is 0.812. The molecule has 0 bridgehead atoms. The lowest BCUT2D eigenvalue weighted by molar-refractivity contribution is -0.156. The Hall–Kier alpha value is -1.50. The zero-order valence-electron chi connectivity index (χ0n) is 15.4. The molecule has 0 fully saturated rings. The topological polar surface area (TPSA) is 88.4 Å². The summed E-state index contributed by atoms with van der Waals surface area (Å²) >= 11 is 5.61. The van der Waals surface area contributed by atoms with Crippen LogP contribution in [0.5, 0.6) is 0 Å². The average molecular weight is 365 g/mol. The molecule has 0 aliphatic heterocycles. The standard InChI is InChI=1S/C16H29ClN2O5/c1-15(2,3)23-13(20)11-19(14(21)24-16(4,5)6)10-8-7-9-12(17)18-22/h22H,7-11H2,1-6H3/b18-12+. The van der Waals surface area contributed by atoms with Crippen LogP contribution in [0.15, 0.2) is 5.16 Å². The maximum Gasteiger partial charge on any atom is 0.410 e. The number of halogens is 1. The van der Waals surface area contributed by atoms with E-state index in [0.717, 1.165) is 0 Å². The molecule has 0 saturated heterocycles. The lowest BCUT2D eigenvalue weighted by Crippen LogP contribution is -2.42. The van der Waals surface area contributed by atoms with Gasteiger partial charge in [0.1, 0.15) is 22.9 Å². The van der Waals surface area contributed by atoms with Crippen molar-refractivity contribution in [2.75, 3.05) is 13.1 Å². The smallest absolute Gasteiger partial charge is 0.410 e. The Morgan fingerprint density at radius 3 is 2.04 bits per heavy atom. The molecule has 7 nitrogen and oxygen atoms in total. The lowest BCUT2D eigenvalue weighted by Gasteiger charge is -2.28. The van der Waals surface area contributed by atoms with Crippen molar-refractivity contribution < 1.29 is 24.3 Å². The van der Waals surface area contributed by atoms with E-state index in [-0.39, 0.29) is 11.7 Å². The van der Waals surface area contributed by atoms with Crippen LogP contribution in [0.25, 0.3) is 0 Å². The molecule has 1 amide bonds. The molecule has 0 radical (unpaired) electrons. The summed E-state index contributed by atoms with van der Waals surface area (Å²) < 4.78 is 10.6. The summed E-state index contributed by atoms with van der Waals surface area (Å²) in [6.45, 7) is 10.7. The number of carbonyl (C=O) groups excluding carboxylic acids is 2. The normalized spacial score (nSPS) is 12.7. The Labute approximate surface area is 148 Å². The number of hydrogen-bond acceptors (Lipinski definition) is 6. The molecule has 0 aromatic heterocycles. The second-order valence-electron chi connectivity index (χ2n) is 7.42. The van der Waals surface area contributed by atoms with E-state index in [4.69, 9.17) is 26.3 Å². The van der Waals surface area contributed by atoms with Crippen molar-refractivity contribution >= 4 is 28.8 Å². The first-order chi connectivity index (χ1) is 10.8. The van der Waals surface area contributed by atoms with Gasteiger partial charge in [-0.15, -0.1) is 0 Å². The predicted octanol–water partition coefficient (Wildman–Crippen LogP) is 3.76. The highest BCUT2D eigenvalue weighted by Gasteiger charge is 2.26. The summed E-state index contributed by atoms with van der Waals surface area (Å²) in [6, 6.07) is 0. The molecular weight excluding hydrogens is 336 g/mol. The maximum atomic E-state index is 12.3. The molecule has 0 aliphatic carbocycles. The van der Waals surface area contributed by atoms with E-state index in [1.165, 1.54) is 4.90 Å². The van der Waals surface area contributed by atoms with E-state index >= 15 is 0 Å². The van der Waals surface area contributed by atoms with Gasteiger partial charge in [0.05, 0.1) is 0 Å². The minimum absolute atomic E-state index is 0.103. The number of oxime groups is 1. The van der Waals surface area contributed by atoms with Crippen LogP contribution in [0.2, 0.25) is 0 Å². The van der Waals surface area contributed by atoms with Crippen molar-refractivity contribution in [3.05, 3.63) is 0 Å². The fourth-order valence-corrected chi connectivity index (χ4v) is 1.85. The zero-order chi connectivity index (χ0) is 19.0. The van der Waals surface area contributed by atoms with Gasteiger partial charge < -0.3 is 14.7 Å². The largest absolute Gasteiger partial charge is 0.459 e. The first-order valence-electron chi connectivity index (χ1n) is 7.90. The highest BCUT2D eigenvalue weighted by atomic mass is 35.5. The van der Waals surface area contributed by atoms with Gasteiger partial charge in [0.25, 0.3) is 0 Å². The molecule has 0 aliphatic rings. The van der Waals surface area contributed by atoms with Crippen LogP contribution in [0.1, 0.15) is 60.8 Å². The third kappa shape index (κ3) is 12.0. The Morgan fingerprint density at radius 2 is 1.58 bits per heavy atom. The third-order valence-electron chi connectivity index (χ3n) is 2.56. The summed E-state index contributed by atoms with van der Waals surface area (Å²) in [6.07, 6.45) is 1.01. The summed E-state index contributed by atoms with van der Waals surface area (Å²) in [7, 11) is 0.